The van der Waals surface area contributed by atoms with E-state index < -0.39 is 0 Å². The molecular weight excluding hydrogens is 256 g/mol. The van der Waals surface area contributed by atoms with E-state index in [1.807, 2.05) is 30.3 Å². The normalized spacial score (nSPS) is 10.6. The van der Waals surface area contributed by atoms with Crippen LogP contribution in [0.1, 0.15) is 0 Å². The minimum Gasteiger partial charge on any atom is -0.366 e. The molecule has 0 radical (unpaired) electrons. The Labute approximate surface area is 115 Å². The summed E-state index contributed by atoms with van der Waals surface area (Å²) in [7, 11) is 1.79. The number of benzene rings is 1. The van der Waals surface area contributed by atoms with Crippen LogP contribution in [0.3, 0.4) is 0 Å². The Kier molecular flexibility index (Phi) is 2.97. The van der Waals surface area contributed by atoms with E-state index in [4.69, 9.17) is 12.2 Å². The summed E-state index contributed by atoms with van der Waals surface area (Å²) in [4.78, 5) is 8.85. The molecule has 4 nitrogen and oxygen atoms in total. The number of nitrogens with zero attached hydrogens (tertiary/aromatic N) is 2. The highest BCUT2D eigenvalue weighted by Gasteiger charge is 2.08. The third-order valence-electron chi connectivity index (χ3n) is 2.94. The van der Waals surface area contributed by atoms with E-state index in [0.717, 1.165) is 27.5 Å². The van der Waals surface area contributed by atoms with Gasteiger partial charge in [0.05, 0.1) is 16.7 Å². The van der Waals surface area contributed by atoms with Gasteiger partial charge >= 0.3 is 0 Å². The lowest BCUT2D eigenvalue weighted by molar-refractivity contribution is 1.20. The Bertz CT molecular complexity index is 770. The summed E-state index contributed by atoms with van der Waals surface area (Å²) >= 11 is 5.16. The molecule has 0 fully saturated rings. The first-order valence-corrected chi connectivity index (χ1v) is 6.31. The summed E-state index contributed by atoms with van der Waals surface area (Å²) in [6, 6.07) is 9.89. The molecule has 0 aliphatic heterocycles. The standard InChI is InChI=1S/C14H12N4S/c1-15-14(19)18-11-8-9-4-2-6-16-12(9)13-10(11)5-3-7-17-13/h2-8H,1H3,(H2,15,18,19). The smallest absolute Gasteiger partial charge is 0.170 e. The van der Waals surface area contributed by atoms with Crippen molar-refractivity contribution in [2.24, 2.45) is 0 Å². The molecule has 0 spiro atoms. The van der Waals surface area contributed by atoms with Crippen LogP contribution in [0.25, 0.3) is 21.8 Å². The Balaban J connectivity index is 2.32. The zero-order valence-corrected chi connectivity index (χ0v) is 11.2. The number of pyridine rings is 2. The van der Waals surface area contributed by atoms with E-state index in [1.54, 1.807) is 19.4 Å². The number of hydrogen-bond donors (Lipinski definition) is 2. The number of hydrogen-bond acceptors (Lipinski definition) is 3. The molecule has 1 aromatic carbocycles. The lowest BCUT2D eigenvalue weighted by Crippen LogP contribution is -2.24. The van der Waals surface area contributed by atoms with Gasteiger partial charge in [-0.15, -0.1) is 0 Å². The van der Waals surface area contributed by atoms with Gasteiger partial charge in [-0.05, 0) is 36.5 Å². The van der Waals surface area contributed by atoms with Gasteiger partial charge in [0.15, 0.2) is 5.11 Å². The van der Waals surface area contributed by atoms with Crippen LogP contribution >= 0.6 is 12.2 Å². The predicted molar refractivity (Wildman–Crippen MR) is 82.3 cm³/mol. The van der Waals surface area contributed by atoms with Crippen molar-refractivity contribution in [3.63, 3.8) is 0 Å². The van der Waals surface area contributed by atoms with E-state index >= 15 is 0 Å². The summed E-state index contributed by atoms with van der Waals surface area (Å²) < 4.78 is 0. The molecule has 94 valence electrons. The lowest BCUT2D eigenvalue weighted by Gasteiger charge is -2.11. The fourth-order valence-corrected chi connectivity index (χ4v) is 2.17. The first kappa shape index (κ1) is 11.8. The van der Waals surface area contributed by atoms with Crippen molar-refractivity contribution in [2.45, 2.75) is 0 Å². The SMILES string of the molecule is CNC(=S)Nc1cc2cccnc2c2ncccc12. The van der Waals surface area contributed by atoms with Crippen molar-refractivity contribution in [1.29, 1.82) is 0 Å². The molecule has 0 saturated heterocycles. The van der Waals surface area contributed by atoms with Gasteiger partial charge in [-0.2, -0.15) is 0 Å². The molecule has 2 aromatic heterocycles. The number of nitrogens with one attached hydrogen (secondary N) is 2. The average Bonchev–Trinajstić information content (AvgIpc) is 2.47. The Morgan fingerprint density at radius 2 is 1.84 bits per heavy atom. The maximum absolute atomic E-state index is 5.16. The maximum Gasteiger partial charge on any atom is 0.170 e. The predicted octanol–water partition coefficient (Wildman–Crippen LogP) is 2.70. The first-order chi connectivity index (χ1) is 9.29. The summed E-state index contributed by atoms with van der Waals surface area (Å²) in [5.41, 5.74) is 2.71. The van der Waals surface area contributed by atoms with Gasteiger partial charge in [-0.1, -0.05) is 6.07 Å². The Morgan fingerprint density at radius 3 is 2.63 bits per heavy atom. The quantitative estimate of drug-likeness (QED) is 0.525. The van der Waals surface area contributed by atoms with Gasteiger partial charge in [-0.3, -0.25) is 9.97 Å². The second-order valence-corrected chi connectivity index (χ2v) is 4.51. The molecule has 0 bridgehead atoms. The monoisotopic (exact) mass is 268 g/mol. The highest BCUT2D eigenvalue weighted by Crippen LogP contribution is 2.28. The number of aromatic nitrogens is 2. The molecule has 0 aliphatic carbocycles. The van der Waals surface area contributed by atoms with Gasteiger partial charge < -0.3 is 10.6 Å². The van der Waals surface area contributed by atoms with E-state index in [2.05, 4.69) is 20.6 Å². The molecule has 3 aromatic rings. The number of rotatable bonds is 1. The molecule has 0 aliphatic rings. The number of fused-ring (bicyclic) bond motifs is 3. The zero-order chi connectivity index (χ0) is 13.2. The molecule has 0 saturated carbocycles. The third kappa shape index (κ3) is 2.08. The van der Waals surface area contributed by atoms with Crippen molar-refractivity contribution in [2.75, 3.05) is 12.4 Å². The van der Waals surface area contributed by atoms with E-state index in [9.17, 15) is 0 Å². The number of anilines is 1. The first-order valence-electron chi connectivity index (χ1n) is 5.91. The largest absolute Gasteiger partial charge is 0.366 e. The molecular formula is C14H12N4S. The van der Waals surface area contributed by atoms with Crippen molar-refractivity contribution in [3.8, 4) is 0 Å². The highest BCUT2D eigenvalue weighted by molar-refractivity contribution is 7.80. The second kappa shape index (κ2) is 4.78. The van der Waals surface area contributed by atoms with Gasteiger partial charge in [-0.25, -0.2) is 0 Å². The van der Waals surface area contributed by atoms with Crippen LogP contribution in [0.4, 0.5) is 5.69 Å². The van der Waals surface area contributed by atoms with E-state index in [-0.39, 0.29) is 0 Å². The molecule has 2 N–H and O–H groups in total. The maximum atomic E-state index is 5.16. The van der Waals surface area contributed by atoms with Gasteiger partial charge in [0.25, 0.3) is 0 Å². The third-order valence-corrected chi connectivity index (χ3v) is 3.24. The Morgan fingerprint density at radius 1 is 1.11 bits per heavy atom. The van der Waals surface area contributed by atoms with Crippen LogP contribution in [-0.4, -0.2) is 22.1 Å². The molecule has 0 unspecified atom stereocenters. The van der Waals surface area contributed by atoms with Crippen LogP contribution in [-0.2, 0) is 0 Å². The van der Waals surface area contributed by atoms with Gasteiger partial charge in [0.2, 0.25) is 0 Å². The summed E-state index contributed by atoms with van der Waals surface area (Å²) in [5.74, 6) is 0. The summed E-state index contributed by atoms with van der Waals surface area (Å²) in [6.45, 7) is 0. The van der Waals surface area contributed by atoms with E-state index in [1.165, 1.54) is 0 Å². The van der Waals surface area contributed by atoms with Crippen molar-refractivity contribution in [3.05, 3.63) is 42.7 Å². The molecule has 0 amide bonds. The minimum atomic E-state index is 0.577. The fourth-order valence-electron chi connectivity index (χ4n) is 2.06. The van der Waals surface area contributed by atoms with Crippen molar-refractivity contribution >= 4 is 44.8 Å². The molecule has 5 heteroatoms. The molecule has 2 heterocycles. The average molecular weight is 268 g/mol. The van der Waals surface area contributed by atoms with Gasteiger partial charge in [0, 0.05) is 30.2 Å². The molecule has 19 heavy (non-hydrogen) atoms. The highest BCUT2D eigenvalue weighted by atomic mass is 32.1. The Hall–Kier alpha value is -2.27. The van der Waals surface area contributed by atoms with Crippen LogP contribution in [0.15, 0.2) is 42.7 Å². The van der Waals surface area contributed by atoms with E-state index in [0.29, 0.717) is 5.11 Å². The molecule has 3 rings (SSSR count). The van der Waals surface area contributed by atoms with Crippen molar-refractivity contribution in [1.82, 2.24) is 15.3 Å². The second-order valence-electron chi connectivity index (χ2n) is 4.10. The van der Waals surface area contributed by atoms with Crippen LogP contribution < -0.4 is 10.6 Å². The van der Waals surface area contributed by atoms with Gasteiger partial charge in [0.1, 0.15) is 0 Å². The van der Waals surface area contributed by atoms with Crippen LogP contribution in [0.2, 0.25) is 0 Å². The zero-order valence-electron chi connectivity index (χ0n) is 10.3. The number of thiocarbonyl (C=S) groups is 1. The molecule has 0 atom stereocenters. The summed E-state index contributed by atoms with van der Waals surface area (Å²) in [5, 5.41) is 8.71. The minimum absolute atomic E-state index is 0.577. The lowest BCUT2D eigenvalue weighted by atomic mass is 10.1. The fraction of sp³-hybridized carbons (Fsp3) is 0.0714. The summed E-state index contributed by atoms with van der Waals surface area (Å²) in [6.07, 6.45) is 3.55. The van der Waals surface area contributed by atoms with Crippen LogP contribution in [0.5, 0.6) is 0 Å². The van der Waals surface area contributed by atoms with Crippen LogP contribution in [0, 0.1) is 0 Å². The van der Waals surface area contributed by atoms with Crippen molar-refractivity contribution < 1.29 is 0 Å². The topological polar surface area (TPSA) is 49.8 Å².